The third-order valence-corrected chi connectivity index (χ3v) is 4.06. The highest BCUT2D eigenvalue weighted by molar-refractivity contribution is 5.37. The number of rotatable bonds is 2. The van der Waals surface area contributed by atoms with Gasteiger partial charge >= 0.3 is 0 Å². The molecular formula is C15H22N2O. The second kappa shape index (κ2) is 4.56. The Morgan fingerprint density at radius 1 is 1.33 bits per heavy atom. The van der Waals surface area contributed by atoms with Crippen molar-refractivity contribution in [3.63, 3.8) is 0 Å². The summed E-state index contributed by atoms with van der Waals surface area (Å²) in [7, 11) is 2.16. The number of nitrogens with one attached hydrogen (secondary N) is 1. The Kier molecular flexibility index (Phi) is 3.04. The van der Waals surface area contributed by atoms with Crippen LogP contribution in [0.2, 0.25) is 0 Å². The smallest absolute Gasteiger partial charge is 0.120 e. The van der Waals surface area contributed by atoms with E-state index in [2.05, 4.69) is 42.4 Å². The van der Waals surface area contributed by atoms with Crippen molar-refractivity contribution >= 4 is 0 Å². The van der Waals surface area contributed by atoms with Crippen LogP contribution in [-0.4, -0.2) is 37.2 Å². The van der Waals surface area contributed by atoms with Gasteiger partial charge in [-0.05, 0) is 50.2 Å². The average molecular weight is 246 g/mol. The molecule has 0 radical (unpaired) electrons. The highest BCUT2D eigenvalue weighted by Gasteiger charge is 2.34. The Bertz CT molecular complexity index is 446. The van der Waals surface area contributed by atoms with E-state index in [4.69, 9.17) is 4.74 Å². The molecule has 1 N–H and O–H groups in total. The maximum absolute atomic E-state index is 6.24. The zero-order valence-electron chi connectivity index (χ0n) is 11.3. The molecule has 3 rings (SSSR count). The summed E-state index contributed by atoms with van der Waals surface area (Å²) in [6.07, 6.45) is 2.23. The van der Waals surface area contributed by atoms with Gasteiger partial charge in [0.15, 0.2) is 0 Å². The second-order valence-corrected chi connectivity index (χ2v) is 5.90. The molecule has 1 aromatic rings. The van der Waals surface area contributed by atoms with Crippen LogP contribution in [-0.2, 0) is 13.0 Å². The molecule has 0 saturated carbocycles. The van der Waals surface area contributed by atoms with Crippen LogP contribution in [0.4, 0.5) is 0 Å². The Hall–Kier alpha value is -1.06. The monoisotopic (exact) mass is 246 g/mol. The van der Waals surface area contributed by atoms with Crippen molar-refractivity contribution in [2.45, 2.75) is 31.9 Å². The lowest BCUT2D eigenvalue weighted by Gasteiger charge is -2.27. The van der Waals surface area contributed by atoms with Gasteiger partial charge in [0.25, 0.3) is 0 Å². The first-order chi connectivity index (χ1) is 8.65. The zero-order chi connectivity index (χ0) is 12.6. The molecule has 2 aliphatic heterocycles. The molecule has 3 nitrogen and oxygen atoms in total. The van der Waals surface area contributed by atoms with E-state index in [1.807, 2.05) is 0 Å². The van der Waals surface area contributed by atoms with Crippen molar-refractivity contribution in [2.75, 3.05) is 26.7 Å². The van der Waals surface area contributed by atoms with Gasteiger partial charge in [0.05, 0.1) is 0 Å². The summed E-state index contributed by atoms with van der Waals surface area (Å²) in [5.74, 6) is 1.04. The molecule has 1 aromatic carbocycles. The Morgan fingerprint density at radius 3 is 3.00 bits per heavy atom. The third-order valence-electron chi connectivity index (χ3n) is 4.06. The minimum absolute atomic E-state index is 0.0180. The predicted octanol–water partition coefficient (Wildman–Crippen LogP) is 1.81. The molecule has 1 fully saturated rings. The van der Waals surface area contributed by atoms with Gasteiger partial charge in [-0.2, -0.15) is 0 Å². The number of hydrogen-bond acceptors (Lipinski definition) is 3. The molecule has 2 aliphatic rings. The van der Waals surface area contributed by atoms with Crippen LogP contribution >= 0.6 is 0 Å². The molecule has 18 heavy (non-hydrogen) atoms. The van der Waals surface area contributed by atoms with Crippen molar-refractivity contribution in [3.05, 3.63) is 29.3 Å². The van der Waals surface area contributed by atoms with E-state index in [0.717, 1.165) is 44.8 Å². The fourth-order valence-electron chi connectivity index (χ4n) is 3.04. The minimum atomic E-state index is -0.0180. The summed E-state index contributed by atoms with van der Waals surface area (Å²) in [5.41, 5.74) is 2.85. The molecular weight excluding hydrogens is 224 g/mol. The summed E-state index contributed by atoms with van der Waals surface area (Å²) in [4.78, 5) is 2.34. The quantitative estimate of drug-likeness (QED) is 0.861. The largest absolute Gasteiger partial charge is 0.486 e. The lowest BCUT2D eigenvalue weighted by atomic mass is 10.0. The van der Waals surface area contributed by atoms with Crippen LogP contribution in [0, 0.1) is 0 Å². The molecule has 1 unspecified atom stereocenters. The Balaban J connectivity index is 1.77. The number of hydrogen-bond donors (Lipinski definition) is 1. The van der Waals surface area contributed by atoms with Crippen LogP contribution in [0.25, 0.3) is 0 Å². The first-order valence-corrected chi connectivity index (χ1v) is 6.85. The van der Waals surface area contributed by atoms with E-state index < -0.39 is 0 Å². The number of ether oxygens (including phenoxy) is 1. The number of nitrogens with zero attached hydrogens (tertiary/aromatic N) is 1. The number of fused-ring (bicyclic) bond motifs is 1. The summed E-state index contributed by atoms with van der Waals surface area (Å²) >= 11 is 0. The van der Waals surface area contributed by atoms with E-state index in [-0.39, 0.29) is 5.60 Å². The number of likely N-dealkylation sites (N-methyl/N-ethyl adjacent to an activating group) is 1. The van der Waals surface area contributed by atoms with Gasteiger partial charge in [-0.25, -0.2) is 0 Å². The van der Waals surface area contributed by atoms with Gasteiger partial charge in [-0.15, -0.1) is 0 Å². The maximum Gasteiger partial charge on any atom is 0.120 e. The fourth-order valence-corrected chi connectivity index (χ4v) is 3.04. The standard InChI is InChI=1S/C15H22N2O/c1-15(6-8-17(2)11-15)18-14-4-3-13-10-16-7-5-12(13)9-14/h3-4,9,16H,5-8,10-11H2,1-2H3. The molecule has 0 bridgehead atoms. The normalized spacial score (nSPS) is 28.1. The van der Waals surface area contributed by atoms with Crippen molar-refractivity contribution < 1.29 is 4.74 Å². The molecule has 1 saturated heterocycles. The van der Waals surface area contributed by atoms with Crippen LogP contribution in [0.1, 0.15) is 24.5 Å². The first kappa shape index (κ1) is 12.0. The number of likely N-dealkylation sites (tertiary alicyclic amines) is 1. The molecule has 0 aromatic heterocycles. The molecule has 1 atom stereocenters. The van der Waals surface area contributed by atoms with Crippen LogP contribution < -0.4 is 10.1 Å². The van der Waals surface area contributed by atoms with Crippen LogP contribution in [0.5, 0.6) is 5.75 Å². The first-order valence-electron chi connectivity index (χ1n) is 6.85. The van der Waals surface area contributed by atoms with E-state index in [0.29, 0.717) is 0 Å². The molecule has 2 heterocycles. The summed E-state index contributed by atoms with van der Waals surface area (Å²) in [6, 6.07) is 6.56. The summed E-state index contributed by atoms with van der Waals surface area (Å²) < 4.78 is 6.24. The van der Waals surface area contributed by atoms with E-state index in [1.54, 1.807) is 0 Å². The van der Waals surface area contributed by atoms with Crippen molar-refractivity contribution in [3.8, 4) is 5.75 Å². The van der Waals surface area contributed by atoms with Gasteiger partial charge in [0.1, 0.15) is 11.4 Å². The molecule has 0 aliphatic carbocycles. The summed E-state index contributed by atoms with van der Waals surface area (Å²) in [5, 5.41) is 3.40. The fraction of sp³-hybridized carbons (Fsp3) is 0.600. The van der Waals surface area contributed by atoms with E-state index >= 15 is 0 Å². The molecule has 98 valence electrons. The molecule has 3 heteroatoms. The molecule has 0 spiro atoms. The second-order valence-electron chi connectivity index (χ2n) is 5.90. The SMILES string of the molecule is CN1CCC(C)(Oc2ccc3c(c2)CCNC3)C1. The van der Waals surface area contributed by atoms with Crippen LogP contribution in [0.3, 0.4) is 0 Å². The predicted molar refractivity (Wildman–Crippen MR) is 73.0 cm³/mol. The third kappa shape index (κ3) is 2.38. The maximum atomic E-state index is 6.24. The number of benzene rings is 1. The highest BCUT2D eigenvalue weighted by Crippen LogP contribution is 2.29. The summed E-state index contributed by atoms with van der Waals surface area (Å²) in [6.45, 7) is 6.45. The molecule has 0 amide bonds. The van der Waals surface area contributed by atoms with E-state index in [1.165, 1.54) is 11.1 Å². The van der Waals surface area contributed by atoms with Gasteiger partial charge in [-0.3, -0.25) is 0 Å². The Labute approximate surface area is 109 Å². The lowest BCUT2D eigenvalue weighted by molar-refractivity contribution is 0.0996. The minimum Gasteiger partial charge on any atom is -0.486 e. The topological polar surface area (TPSA) is 24.5 Å². The van der Waals surface area contributed by atoms with Gasteiger partial charge < -0.3 is 15.0 Å². The average Bonchev–Trinajstić information content (AvgIpc) is 2.69. The van der Waals surface area contributed by atoms with Gasteiger partial charge in [-0.1, -0.05) is 6.07 Å². The van der Waals surface area contributed by atoms with Gasteiger partial charge in [0, 0.05) is 26.1 Å². The van der Waals surface area contributed by atoms with Crippen molar-refractivity contribution in [1.29, 1.82) is 0 Å². The van der Waals surface area contributed by atoms with E-state index in [9.17, 15) is 0 Å². The van der Waals surface area contributed by atoms with Crippen molar-refractivity contribution in [1.82, 2.24) is 10.2 Å². The van der Waals surface area contributed by atoms with Gasteiger partial charge in [0.2, 0.25) is 0 Å². The highest BCUT2D eigenvalue weighted by atomic mass is 16.5. The lowest BCUT2D eigenvalue weighted by Crippen LogP contribution is -2.35. The van der Waals surface area contributed by atoms with Crippen LogP contribution in [0.15, 0.2) is 18.2 Å². The Morgan fingerprint density at radius 2 is 2.22 bits per heavy atom. The van der Waals surface area contributed by atoms with Crippen molar-refractivity contribution in [2.24, 2.45) is 0 Å². The zero-order valence-corrected chi connectivity index (χ0v) is 11.3.